The van der Waals surface area contributed by atoms with E-state index >= 15 is 0 Å². The lowest BCUT2D eigenvalue weighted by atomic mass is 10.0. The number of amidine groups is 1. The van der Waals surface area contributed by atoms with Crippen molar-refractivity contribution in [1.82, 2.24) is 4.90 Å². The third-order valence-electron chi connectivity index (χ3n) is 4.42. The molecule has 124 valence electrons. The molecule has 0 fully saturated rings. The molecule has 0 saturated carbocycles. The highest BCUT2D eigenvalue weighted by molar-refractivity contribution is 6.31. The van der Waals surface area contributed by atoms with Crippen LogP contribution in [0.1, 0.15) is 17.3 Å². The van der Waals surface area contributed by atoms with Crippen molar-refractivity contribution in [2.45, 2.75) is 6.17 Å². The molecule has 1 unspecified atom stereocenters. The van der Waals surface area contributed by atoms with E-state index in [1.807, 2.05) is 36.4 Å². The molecule has 2 aromatic rings. The maximum atomic E-state index is 6.17. The first kappa shape index (κ1) is 15.1. The molecule has 0 spiro atoms. The summed E-state index contributed by atoms with van der Waals surface area (Å²) in [7, 11) is 3.29. The quantitative estimate of drug-likeness (QED) is 0.926. The monoisotopic (exact) mass is 343 g/mol. The van der Waals surface area contributed by atoms with E-state index in [4.69, 9.17) is 21.1 Å². The van der Waals surface area contributed by atoms with Gasteiger partial charge in [-0.3, -0.25) is 4.99 Å². The summed E-state index contributed by atoms with van der Waals surface area (Å²) in [5.74, 6) is 2.45. The normalized spacial score (nSPS) is 18.4. The van der Waals surface area contributed by atoms with Crippen LogP contribution in [-0.2, 0) is 0 Å². The highest BCUT2D eigenvalue weighted by Gasteiger charge is 2.34. The predicted molar refractivity (Wildman–Crippen MR) is 95.5 cm³/mol. The molecule has 0 aromatic heterocycles. The molecule has 5 nitrogen and oxygen atoms in total. The number of fused-ring (bicyclic) bond motifs is 3. The second-order valence-electron chi connectivity index (χ2n) is 5.75. The van der Waals surface area contributed by atoms with Crippen LogP contribution in [0.2, 0.25) is 5.02 Å². The molecule has 2 heterocycles. The molecule has 0 amide bonds. The largest absolute Gasteiger partial charge is 0.493 e. The number of halogens is 1. The van der Waals surface area contributed by atoms with Crippen molar-refractivity contribution in [3.05, 3.63) is 52.5 Å². The van der Waals surface area contributed by atoms with Gasteiger partial charge >= 0.3 is 0 Å². The minimum absolute atomic E-state index is 0.0166. The Labute approximate surface area is 145 Å². The zero-order chi connectivity index (χ0) is 16.7. The van der Waals surface area contributed by atoms with Crippen LogP contribution in [0.5, 0.6) is 11.5 Å². The van der Waals surface area contributed by atoms with Crippen LogP contribution in [0.15, 0.2) is 41.4 Å². The lowest BCUT2D eigenvalue weighted by molar-refractivity contribution is 0.347. The molecule has 0 bridgehead atoms. The Morgan fingerprint density at radius 1 is 1.12 bits per heavy atom. The third-order valence-corrected chi connectivity index (χ3v) is 4.66. The molecule has 6 heteroatoms. The van der Waals surface area contributed by atoms with Gasteiger partial charge in [-0.05, 0) is 35.9 Å². The molecule has 1 N–H and O–H groups in total. The van der Waals surface area contributed by atoms with Gasteiger partial charge in [-0.25, -0.2) is 0 Å². The Kier molecular flexibility index (Phi) is 3.73. The molecule has 1 atom stereocenters. The van der Waals surface area contributed by atoms with Crippen LogP contribution in [0, 0.1) is 0 Å². The van der Waals surface area contributed by atoms with E-state index in [-0.39, 0.29) is 6.17 Å². The number of nitrogens with zero attached hydrogens (tertiary/aromatic N) is 2. The minimum Gasteiger partial charge on any atom is -0.493 e. The molecule has 0 radical (unpaired) electrons. The summed E-state index contributed by atoms with van der Waals surface area (Å²) in [6.45, 7) is 1.67. The van der Waals surface area contributed by atoms with Crippen LogP contribution in [0.3, 0.4) is 0 Å². The van der Waals surface area contributed by atoms with E-state index in [0.717, 1.165) is 41.5 Å². The van der Waals surface area contributed by atoms with Gasteiger partial charge in [0.2, 0.25) is 0 Å². The van der Waals surface area contributed by atoms with Gasteiger partial charge in [-0.1, -0.05) is 17.7 Å². The number of methoxy groups -OCH3 is 2. The summed E-state index contributed by atoms with van der Waals surface area (Å²) in [6.07, 6.45) is -0.0166. The minimum atomic E-state index is -0.0166. The highest BCUT2D eigenvalue weighted by Crippen LogP contribution is 2.38. The fourth-order valence-corrected chi connectivity index (χ4v) is 3.47. The van der Waals surface area contributed by atoms with Gasteiger partial charge in [0, 0.05) is 22.8 Å². The van der Waals surface area contributed by atoms with E-state index in [1.165, 1.54) is 0 Å². The number of benzene rings is 2. The van der Waals surface area contributed by atoms with Gasteiger partial charge in [-0.2, -0.15) is 0 Å². The SMILES string of the molecule is COc1ccc(C2Nc3cc(Cl)ccc3C3=NCCN32)cc1OC. The van der Waals surface area contributed by atoms with Gasteiger partial charge in [0.05, 0.1) is 20.8 Å². The first-order chi connectivity index (χ1) is 11.7. The van der Waals surface area contributed by atoms with E-state index in [1.54, 1.807) is 14.2 Å². The van der Waals surface area contributed by atoms with Gasteiger partial charge in [0.25, 0.3) is 0 Å². The average molecular weight is 344 g/mol. The molecule has 0 aliphatic carbocycles. The van der Waals surface area contributed by atoms with Gasteiger partial charge in [-0.15, -0.1) is 0 Å². The standard InChI is InChI=1S/C18H18ClN3O2/c1-23-15-6-3-11(9-16(15)24-2)17-21-14-10-12(19)4-5-13(14)18-20-7-8-22(17)18/h3-6,9-10,17,21H,7-8H2,1-2H3. The number of rotatable bonds is 3. The molecule has 2 aliphatic heterocycles. The molecule has 4 rings (SSSR count). The Bertz CT molecular complexity index is 822. The van der Waals surface area contributed by atoms with Crippen LogP contribution in [0.4, 0.5) is 5.69 Å². The zero-order valence-corrected chi connectivity index (χ0v) is 14.3. The lowest BCUT2D eigenvalue weighted by Gasteiger charge is -2.38. The van der Waals surface area contributed by atoms with E-state index in [0.29, 0.717) is 10.8 Å². The van der Waals surface area contributed by atoms with Crippen molar-refractivity contribution in [3.63, 3.8) is 0 Å². The number of anilines is 1. The molecular formula is C18H18ClN3O2. The average Bonchev–Trinajstić information content (AvgIpc) is 3.10. The van der Waals surface area contributed by atoms with Gasteiger partial charge < -0.3 is 19.7 Å². The maximum absolute atomic E-state index is 6.17. The summed E-state index contributed by atoms with van der Waals surface area (Å²) >= 11 is 6.17. The van der Waals surface area contributed by atoms with Crippen molar-refractivity contribution in [3.8, 4) is 11.5 Å². The molecule has 2 aliphatic rings. The van der Waals surface area contributed by atoms with Crippen LogP contribution in [0.25, 0.3) is 0 Å². The highest BCUT2D eigenvalue weighted by atomic mass is 35.5. The lowest BCUT2D eigenvalue weighted by Crippen LogP contribution is -2.41. The second kappa shape index (κ2) is 5.91. The number of nitrogens with one attached hydrogen (secondary N) is 1. The van der Waals surface area contributed by atoms with Crippen LogP contribution < -0.4 is 14.8 Å². The van der Waals surface area contributed by atoms with Gasteiger partial charge in [0.1, 0.15) is 12.0 Å². The van der Waals surface area contributed by atoms with E-state index < -0.39 is 0 Å². The zero-order valence-electron chi connectivity index (χ0n) is 13.5. The molecule has 2 aromatic carbocycles. The Balaban J connectivity index is 1.78. The van der Waals surface area contributed by atoms with Crippen LogP contribution >= 0.6 is 11.6 Å². The fourth-order valence-electron chi connectivity index (χ4n) is 3.29. The van der Waals surface area contributed by atoms with E-state index in [9.17, 15) is 0 Å². The summed E-state index contributed by atoms with van der Waals surface area (Å²) in [5.41, 5.74) is 3.18. The smallest absolute Gasteiger partial charge is 0.161 e. The maximum Gasteiger partial charge on any atom is 0.161 e. The molecular weight excluding hydrogens is 326 g/mol. The Morgan fingerprint density at radius 2 is 1.96 bits per heavy atom. The number of aliphatic imine (C=N–C) groups is 1. The van der Waals surface area contributed by atoms with E-state index in [2.05, 4.69) is 15.2 Å². The first-order valence-corrected chi connectivity index (χ1v) is 8.18. The van der Waals surface area contributed by atoms with Crippen molar-refractivity contribution < 1.29 is 9.47 Å². The fraction of sp³-hybridized carbons (Fsp3) is 0.278. The third kappa shape index (κ3) is 2.36. The number of hydrogen-bond acceptors (Lipinski definition) is 5. The van der Waals surface area contributed by atoms with Crippen molar-refractivity contribution >= 4 is 23.1 Å². The number of ether oxygens (including phenoxy) is 2. The summed E-state index contributed by atoms with van der Waals surface area (Å²) in [6, 6.07) is 11.8. The first-order valence-electron chi connectivity index (χ1n) is 7.81. The van der Waals surface area contributed by atoms with Gasteiger partial charge in [0.15, 0.2) is 11.5 Å². The van der Waals surface area contributed by atoms with Crippen molar-refractivity contribution in [2.24, 2.45) is 4.99 Å². The molecule has 0 saturated heterocycles. The number of hydrogen-bond donors (Lipinski definition) is 1. The van der Waals surface area contributed by atoms with Crippen molar-refractivity contribution in [2.75, 3.05) is 32.6 Å². The topological polar surface area (TPSA) is 46.1 Å². The summed E-state index contributed by atoms with van der Waals surface area (Å²) < 4.78 is 10.8. The van der Waals surface area contributed by atoms with Crippen molar-refractivity contribution in [1.29, 1.82) is 0 Å². The molecule has 24 heavy (non-hydrogen) atoms. The van der Waals surface area contributed by atoms with Crippen LogP contribution in [-0.4, -0.2) is 38.0 Å². The predicted octanol–water partition coefficient (Wildman–Crippen LogP) is 3.54. The summed E-state index contributed by atoms with van der Waals surface area (Å²) in [4.78, 5) is 6.96. The summed E-state index contributed by atoms with van der Waals surface area (Å²) in [5, 5.41) is 4.29. The Hall–Kier alpha value is -2.40. The Morgan fingerprint density at radius 3 is 2.75 bits per heavy atom. The second-order valence-corrected chi connectivity index (χ2v) is 6.19.